The predicted molar refractivity (Wildman–Crippen MR) is 102 cm³/mol. The molecule has 0 bridgehead atoms. The number of hydrogen-bond donors (Lipinski definition) is 2. The van der Waals surface area contributed by atoms with E-state index in [-0.39, 0.29) is 17.6 Å². The smallest absolute Gasteiger partial charge is 0.264 e. The fourth-order valence-corrected chi connectivity index (χ4v) is 2.42. The summed E-state index contributed by atoms with van der Waals surface area (Å²) < 4.78 is 5.57. The van der Waals surface area contributed by atoms with E-state index >= 15 is 0 Å². The number of thiocarbonyl (C=S) groups is 1. The Labute approximate surface area is 148 Å². The van der Waals surface area contributed by atoms with E-state index in [2.05, 4.69) is 10.6 Å². The Hall–Kier alpha value is -2.40. The quantitative estimate of drug-likeness (QED) is 0.830. The lowest BCUT2D eigenvalue weighted by molar-refractivity contribution is -0.121. The first kappa shape index (κ1) is 17.9. The molecular weight excluding hydrogens is 320 g/mol. The highest BCUT2D eigenvalue weighted by molar-refractivity contribution is 7.80. The van der Waals surface area contributed by atoms with Gasteiger partial charge in [0.05, 0.1) is 0 Å². The van der Waals surface area contributed by atoms with Gasteiger partial charge in [-0.05, 0) is 74.3 Å². The van der Waals surface area contributed by atoms with Crippen molar-refractivity contribution >= 4 is 28.9 Å². The number of carbonyl (C=O) groups excluding carboxylic acids is 1. The molecule has 0 heterocycles. The Kier molecular flexibility index (Phi) is 5.93. The second-order valence-electron chi connectivity index (χ2n) is 5.88. The minimum Gasteiger partial charge on any atom is -0.483 e. The molecular formula is C19H22N2O2S. The maximum Gasteiger partial charge on any atom is 0.264 e. The van der Waals surface area contributed by atoms with Gasteiger partial charge in [0.1, 0.15) is 5.75 Å². The second-order valence-corrected chi connectivity index (χ2v) is 6.29. The van der Waals surface area contributed by atoms with Crippen LogP contribution in [0.1, 0.15) is 22.3 Å². The van der Waals surface area contributed by atoms with Crippen molar-refractivity contribution in [2.24, 2.45) is 0 Å². The SMILES string of the molecule is Cc1ccc(C)c(NC(=S)NC(=O)COc2cc(C)ccc2C)c1. The van der Waals surface area contributed by atoms with Gasteiger partial charge in [0.15, 0.2) is 11.7 Å². The van der Waals surface area contributed by atoms with Crippen molar-refractivity contribution < 1.29 is 9.53 Å². The van der Waals surface area contributed by atoms with Gasteiger partial charge in [-0.2, -0.15) is 0 Å². The van der Waals surface area contributed by atoms with E-state index in [1.165, 1.54) is 0 Å². The van der Waals surface area contributed by atoms with E-state index in [1.807, 2.05) is 64.1 Å². The Morgan fingerprint density at radius 1 is 1.00 bits per heavy atom. The molecule has 1 amide bonds. The van der Waals surface area contributed by atoms with Crippen LogP contribution in [0.3, 0.4) is 0 Å². The van der Waals surface area contributed by atoms with Gasteiger partial charge in [-0.3, -0.25) is 10.1 Å². The topological polar surface area (TPSA) is 50.4 Å². The number of aryl methyl sites for hydroxylation is 4. The number of benzene rings is 2. The largest absolute Gasteiger partial charge is 0.483 e. The van der Waals surface area contributed by atoms with Crippen molar-refractivity contribution in [3.8, 4) is 5.75 Å². The molecule has 0 atom stereocenters. The lowest BCUT2D eigenvalue weighted by atomic mass is 10.1. The molecule has 2 rings (SSSR count). The molecule has 0 radical (unpaired) electrons. The zero-order valence-corrected chi connectivity index (χ0v) is 15.2. The van der Waals surface area contributed by atoms with Gasteiger partial charge in [-0.1, -0.05) is 24.3 Å². The van der Waals surface area contributed by atoms with Crippen LogP contribution >= 0.6 is 12.2 Å². The summed E-state index contributed by atoms with van der Waals surface area (Å²) in [5.74, 6) is 0.414. The molecule has 2 aromatic carbocycles. The summed E-state index contributed by atoms with van der Waals surface area (Å²) in [7, 11) is 0. The molecule has 0 saturated carbocycles. The average molecular weight is 342 g/mol. The molecule has 5 heteroatoms. The van der Waals surface area contributed by atoms with E-state index in [1.54, 1.807) is 0 Å². The van der Waals surface area contributed by atoms with Crippen LogP contribution in [0, 0.1) is 27.7 Å². The lowest BCUT2D eigenvalue weighted by Gasteiger charge is -2.13. The zero-order chi connectivity index (χ0) is 17.7. The molecule has 4 nitrogen and oxygen atoms in total. The van der Waals surface area contributed by atoms with E-state index in [0.717, 1.165) is 27.9 Å². The van der Waals surface area contributed by atoms with Crippen LogP contribution in [0.15, 0.2) is 36.4 Å². The summed E-state index contributed by atoms with van der Waals surface area (Å²) in [5, 5.41) is 5.94. The Balaban J connectivity index is 1.89. The molecule has 0 fully saturated rings. The molecule has 0 aromatic heterocycles. The molecule has 0 aliphatic rings. The van der Waals surface area contributed by atoms with Gasteiger partial charge < -0.3 is 10.1 Å². The standard InChI is InChI=1S/C19H22N2O2S/c1-12-5-7-14(3)16(9-12)20-19(24)21-18(22)11-23-17-10-13(2)6-8-15(17)4/h5-10H,11H2,1-4H3,(H2,20,21,22,24). The summed E-state index contributed by atoms with van der Waals surface area (Å²) in [5.41, 5.74) is 5.14. The third-order valence-electron chi connectivity index (χ3n) is 3.60. The van der Waals surface area contributed by atoms with Crippen LogP contribution in [0.5, 0.6) is 5.75 Å². The number of nitrogens with one attached hydrogen (secondary N) is 2. The second kappa shape index (κ2) is 7.93. The fraction of sp³-hybridized carbons (Fsp3) is 0.263. The molecule has 24 heavy (non-hydrogen) atoms. The summed E-state index contributed by atoms with van der Waals surface area (Å²) in [4.78, 5) is 12.0. The highest BCUT2D eigenvalue weighted by atomic mass is 32.1. The van der Waals surface area contributed by atoms with Crippen LogP contribution < -0.4 is 15.4 Å². The van der Waals surface area contributed by atoms with Crippen molar-refractivity contribution in [1.29, 1.82) is 0 Å². The van der Waals surface area contributed by atoms with Gasteiger partial charge in [-0.25, -0.2) is 0 Å². The number of anilines is 1. The third-order valence-corrected chi connectivity index (χ3v) is 3.80. The highest BCUT2D eigenvalue weighted by Crippen LogP contribution is 2.19. The first-order chi connectivity index (χ1) is 11.3. The van der Waals surface area contributed by atoms with E-state index < -0.39 is 0 Å². The van der Waals surface area contributed by atoms with Crippen LogP contribution in [-0.2, 0) is 4.79 Å². The molecule has 2 N–H and O–H groups in total. The van der Waals surface area contributed by atoms with Gasteiger partial charge in [0, 0.05) is 5.69 Å². The molecule has 2 aromatic rings. The molecule has 126 valence electrons. The number of ether oxygens (including phenoxy) is 1. The number of carbonyl (C=O) groups is 1. The third kappa shape index (κ3) is 5.06. The van der Waals surface area contributed by atoms with Gasteiger partial charge in [-0.15, -0.1) is 0 Å². The monoisotopic (exact) mass is 342 g/mol. The van der Waals surface area contributed by atoms with E-state index in [4.69, 9.17) is 17.0 Å². The van der Waals surface area contributed by atoms with Crippen LogP contribution in [-0.4, -0.2) is 17.6 Å². The fourth-order valence-electron chi connectivity index (χ4n) is 2.19. The number of hydrogen-bond acceptors (Lipinski definition) is 3. The summed E-state index contributed by atoms with van der Waals surface area (Å²) >= 11 is 5.19. The van der Waals surface area contributed by atoms with Gasteiger partial charge in [0.2, 0.25) is 0 Å². The zero-order valence-electron chi connectivity index (χ0n) is 14.4. The van der Waals surface area contributed by atoms with E-state index in [0.29, 0.717) is 5.75 Å². The summed E-state index contributed by atoms with van der Waals surface area (Å²) in [6.07, 6.45) is 0. The van der Waals surface area contributed by atoms with Crippen molar-refractivity contribution in [2.75, 3.05) is 11.9 Å². The van der Waals surface area contributed by atoms with Gasteiger partial charge in [0.25, 0.3) is 5.91 Å². The van der Waals surface area contributed by atoms with Crippen molar-refractivity contribution in [3.05, 3.63) is 58.7 Å². The van der Waals surface area contributed by atoms with Crippen LogP contribution in [0.25, 0.3) is 0 Å². The Bertz CT molecular complexity index is 772. The first-order valence-electron chi connectivity index (χ1n) is 7.73. The summed E-state index contributed by atoms with van der Waals surface area (Å²) in [6, 6.07) is 11.9. The highest BCUT2D eigenvalue weighted by Gasteiger charge is 2.08. The first-order valence-corrected chi connectivity index (χ1v) is 8.14. The van der Waals surface area contributed by atoms with Crippen molar-refractivity contribution in [3.63, 3.8) is 0 Å². The van der Waals surface area contributed by atoms with Crippen LogP contribution in [0.2, 0.25) is 0 Å². The number of rotatable bonds is 4. The normalized spacial score (nSPS) is 10.2. The molecule has 0 aliphatic carbocycles. The van der Waals surface area contributed by atoms with Crippen molar-refractivity contribution in [1.82, 2.24) is 5.32 Å². The molecule has 0 unspecified atom stereocenters. The minimum absolute atomic E-state index is 0.0844. The predicted octanol–water partition coefficient (Wildman–Crippen LogP) is 3.81. The van der Waals surface area contributed by atoms with E-state index in [9.17, 15) is 4.79 Å². The number of amides is 1. The average Bonchev–Trinajstić information content (AvgIpc) is 2.51. The molecule has 0 aliphatic heterocycles. The Morgan fingerprint density at radius 2 is 1.62 bits per heavy atom. The summed E-state index contributed by atoms with van der Waals surface area (Å²) in [6.45, 7) is 7.83. The van der Waals surface area contributed by atoms with Gasteiger partial charge >= 0.3 is 0 Å². The maximum atomic E-state index is 12.0. The Morgan fingerprint density at radius 3 is 2.33 bits per heavy atom. The molecule has 0 spiro atoms. The lowest BCUT2D eigenvalue weighted by Crippen LogP contribution is -2.37. The maximum absolute atomic E-state index is 12.0. The minimum atomic E-state index is -0.293. The molecule has 0 saturated heterocycles. The van der Waals surface area contributed by atoms with Crippen molar-refractivity contribution in [2.45, 2.75) is 27.7 Å². The van der Waals surface area contributed by atoms with Crippen LogP contribution in [0.4, 0.5) is 5.69 Å².